The quantitative estimate of drug-likeness (QED) is 0.219. The van der Waals surface area contributed by atoms with E-state index in [4.69, 9.17) is 30.6 Å². The smallest absolute Gasteiger partial charge is 0.259 e. The van der Waals surface area contributed by atoms with Crippen molar-refractivity contribution in [2.24, 2.45) is 0 Å². The number of nitrogens with zero attached hydrogens (tertiary/aromatic N) is 2. The maximum atomic E-state index is 12.5. The van der Waals surface area contributed by atoms with Gasteiger partial charge < -0.3 is 52.7 Å². The minimum absolute atomic E-state index is 0.211. The van der Waals surface area contributed by atoms with Crippen molar-refractivity contribution in [3.05, 3.63) is 57.4 Å². The molecule has 0 atom stereocenters. The van der Waals surface area contributed by atoms with Crippen molar-refractivity contribution < 1.29 is 31.2 Å². The number of hydrogen-bond donors (Lipinski definition) is 4. The molecule has 0 saturated carbocycles. The van der Waals surface area contributed by atoms with Gasteiger partial charge in [-0.15, -0.1) is 23.5 Å². The SMILES string of the molecule is CSC1=C(SC)SC(=C2SC(C(=O)NCC[NH3+])=C(C(=O)NCC[NH3+])S2)S1.O=[N+]([O-])[O-].O=[N+]([O-])[O-]. The number of nitrogens with one attached hydrogen (secondary N) is 2. The van der Waals surface area contributed by atoms with Crippen LogP contribution in [0.5, 0.6) is 0 Å². The third-order valence-electron chi connectivity index (χ3n) is 3.01. The predicted molar refractivity (Wildman–Crippen MR) is 141 cm³/mol. The van der Waals surface area contributed by atoms with Crippen LogP contribution in [-0.2, 0) is 9.59 Å². The van der Waals surface area contributed by atoms with Gasteiger partial charge in [-0.2, -0.15) is 0 Å². The molecule has 2 aliphatic rings. The van der Waals surface area contributed by atoms with Gasteiger partial charge in [0.05, 0.1) is 63.1 Å². The first-order chi connectivity index (χ1) is 16.0. The van der Waals surface area contributed by atoms with Crippen molar-refractivity contribution in [1.82, 2.24) is 10.6 Å². The molecule has 2 rings (SSSR count). The number of carbonyl (C=O) groups is 2. The van der Waals surface area contributed by atoms with Crippen LogP contribution in [0.25, 0.3) is 0 Å². The van der Waals surface area contributed by atoms with E-state index in [0.717, 1.165) is 8.47 Å². The number of quaternary nitrogens is 2. The molecule has 0 saturated heterocycles. The summed E-state index contributed by atoms with van der Waals surface area (Å²) in [4.78, 5) is 42.5. The van der Waals surface area contributed by atoms with E-state index < -0.39 is 10.2 Å². The van der Waals surface area contributed by atoms with Gasteiger partial charge in [-0.1, -0.05) is 47.0 Å². The van der Waals surface area contributed by atoms with Crippen molar-refractivity contribution >= 4 is 82.4 Å². The summed E-state index contributed by atoms with van der Waals surface area (Å²) in [5, 5.41) is 35.2. The minimum Gasteiger partial charge on any atom is -0.356 e. The van der Waals surface area contributed by atoms with Crippen molar-refractivity contribution in [3.63, 3.8) is 0 Å². The maximum Gasteiger partial charge on any atom is 0.259 e. The van der Waals surface area contributed by atoms with Crippen LogP contribution < -0.4 is 22.1 Å². The molecule has 34 heavy (non-hydrogen) atoms. The zero-order valence-electron chi connectivity index (χ0n) is 17.9. The highest BCUT2D eigenvalue weighted by Crippen LogP contribution is 2.63. The van der Waals surface area contributed by atoms with E-state index in [1.165, 1.54) is 32.0 Å². The third-order valence-corrected chi connectivity index (χ3v) is 11.3. The molecular weight excluding hydrogens is 573 g/mol. The fourth-order valence-electron chi connectivity index (χ4n) is 1.85. The summed E-state index contributed by atoms with van der Waals surface area (Å²) < 4.78 is 4.67. The molecule has 0 fully saturated rings. The monoisotopic (exact) mass is 594 g/mol. The van der Waals surface area contributed by atoms with Crippen LogP contribution >= 0.6 is 70.6 Å². The molecule has 8 N–H and O–H groups in total. The molecule has 0 aliphatic carbocycles. The number of hydrogen-bond acceptors (Lipinski definition) is 14. The van der Waals surface area contributed by atoms with Crippen LogP contribution in [0.1, 0.15) is 0 Å². The predicted octanol–water partition coefficient (Wildman–Crippen LogP) is 0.375. The lowest BCUT2D eigenvalue weighted by molar-refractivity contribution is -0.403. The molecule has 192 valence electrons. The Hall–Kier alpha value is -1.42. The van der Waals surface area contributed by atoms with E-state index in [1.807, 2.05) is 0 Å². The normalized spacial score (nSPS) is 14.7. The van der Waals surface area contributed by atoms with Crippen molar-refractivity contribution in [3.8, 4) is 0 Å². The average Bonchev–Trinajstić information content (AvgIpc) is 3.39. The summed E-state index contributed by atoms with van der Waals surface area (Å²) in [6.45, 7) is 2.20. The van der Waals surface area contributed by atoms with E-state index in [-0.39, 0.29) is 11.8 Å². The van der Waals surface area contributed by atoms with Gasteiger partial charge in [0.2, 0.25) is 0 Å². The Balaban J connectivity index is 0.00000118. The van der Waals surface area contributed by atoms with Gasteiger partial charge in [0, 0.05) is 0 Å². The Morgan fingerprint density at radius 2 is 1.06 bits per heavy atom. The minimum atomic E-state index is -1.75. The molecule has 0 radical (unpaired) electrons. The Labute approximate surface area is 219 Å². The van der Waals surface area contributed by atoms with E-state index >= 15 is 0 Å². The number of amides is 2. The summed E-state index contributed by atoms with van der Waals surface area (Å²) in [6.07, 6.45) is 4.13. The average molecular weight is 595 g/mol. The van der Waals surface area contributed by atoms with Crippen LogP contribution in [0, 0.1) is 30.6 Å². The first-order valence-corrected chi connectivity index (χ1v) is 14.5. The molecule has 0 aromatic heterocycles. The Morgan fingerprint density at radius 3 is 1.32 bits per heavy atom. The number of carbonyl (C=O) groups excluding carboxylic acids is 2. The Bertz CT molecular complexity index is 796. The van der Waals surface area contributed by atoms with E-state index in [1.54, 1.807) is 47.0 Å². The second kappa shape index (κ2) is 17.9. The number of rotatable bonds is 8. The highest BCUT2D eigenvalue weighted by molar-refractivity contribution is 8.42. The zero-order valence-corrected chi connectivity index (χ0v) is 22.8. The molecule has 14 nitrogen and oxygen atoms in total. The van der Waals surface area contributed by atoms with Crippen molar-refractivity contribution in [2.45, 2.75) is 0 Å². The third kappa shape index (κ3) is 12.3. The summed E-state index contributed by atoms with van der Waals surface area (Å²) in [6, 6.07) is 0. The van der Waals surface area contributed by atoms with Crippen LogP contribution in [0.2, 0.25) is 0 Å². The Kier molecular flexibility index (Phi) is 17.2. The maximum absolute atomic E-state index is 12.5. The highest BCUT2D eigenvalue weighted by Gasteiger charge is 2.34. The second-order valence-corrected chi connectivity index (χ2v) is 12.0. The van der Waals surface area contributed by atoms with Gasteiger partial charge in [-0.25, -0.2) is 0 Å². The zero-order chi connectivity index (χ0) is 26.3. The first kappa shape index (κ1) is 32.6. The molecule has 2 heterocycles. The van der Waals surface area contributed by atoms with E-state index in [0.29, 0.717) is 36.0 Å². The molecule has 0 aromatic rings. The fourth-order valence-corrected chi connectivity index (χ4v) is 9.66. The lowest BCUT2D eigenvalue weighted by atomic mass is 10.4. The van der Waals surface area contributed by atoms with Crippen LogP contribution in [0.3, 0.4) is 0 Å². The van der Waals surface area contributed by atoms with E-state index in [9.17, 15) is 9.59 Å². The first-order valence-electron chi connectivity index (χ1n) is 8.82. The molecule has 0 unspecified atom stereocenters. The fraction of sp³-hybridized carbons (Fsp3) is 0.429. The highest BCUT2D eigenvalue weighted by atomic mass is 32.3. The topological polar surface area (TPSA) is 246 Å². The Morgan fingerprint density at radius 1 is 0.765 bits per heavy atom. The van der Waals surface area contributed by atoms with Crippen LogP contribution in [0.4, 0.5) is 0 Å². The van der Waals surface area contributed by atoms with Gasteiger partial charge in [-0.3, -0.25) is 9.59 Å². The van der Waals surface area contributed by atoms with Crippen LogP contribution in [0.15, 0.2) is 26.8 Å². The number of thioether (sulfide) groups is 6. The molecule has 0 aromatic carbocycles. The lowest BCUT2D eigenvalue weighted by Gasteiger charge is -2.05. The summed E-state index contributed by atoms with van der Waals surface area (Å²) in [5.41, 5.74) is 7.47. The molecule has 2 amide bonds. The van der Waals surface area contributed by atoms with Crippen molar-refractivity contribution in [1.29, 1.82) is 0 Å². The standard InChI is InChI=1S/C14H20N4O2S6.2NO3/c1-21-11-12(22-2)26-14(25-11)13-23-7(9(19)17-5-3-15)8(24-13)10(20)18-6-4-16;2*2-1(3)4/h3-6,15-16H2,1-2H3,(H,17,19)(H,18,20);;/q;2*-1/p+2. The second-order valence-electron chi connectivity index (χ2n) is 5.29. The van der Waals surface area contributed by atoms with Gasteiger partial charge in [0.1, 0.15) is 0 Å². The van der Waals surface area contributed by atoms with E-state index in [2.05, 4.69) is 34.6 Å². The largest absolute Gasteiger partial charge is 0.356 e. The van der Waals surface area contributed by atoms with Crippen LogP contribution in [-0.4, -0.2) is 60.7 Å². The lowest BCUT2D eigenvalue weighted by Crippen LogP contribution is -2.55. The summed E-state index contributed by atoms with van der Waals surface area (Å²) in [7, 11) is 0. The van der Waals surface area contributed by atoms with Crippen molar-refractivity contribution in [2.75, 3.05) is 38.7 Å². The summed E-state index contributed by atoms with van der Waals surface area (Å²) >= 11 is 9.66. The molecule has 2 aliphatic heterocycles. The molecule has 0 bridgehead atoms. The summed E-state index contributed by atoms with van der Waals surface area (Å²) in [5.74, 6) is -0.421. The van der Waals surface area contributed by atoms with Gasteiger partial charge in [0.15, 0.2) is 0 Å². The van der Waals surface area contributed by atoms with Gasteiger partial charge >= 0.3 is 0 Å². The molecule has 20 heteroatoms. The molecule has 0 spiro atoms. The van der Waals surface area contributed by atoms with Gasteiger partial charge in [0.25, 0.3) is 11.8 Å². The molecular formula is C14H22N6O8S6. The van der Waals surface area contributed by atoms with Gasteiger partial charge in [-0.05, 0) is 12.5 Å².